The fourth-order valence-corrected chi connectivity index (χ4v) is 2.02. The fraction of sp³-hybridized carbons (Fsp3) is 0.214. The molecule has 21 heavy (non-hydrogen) atoms. The lowest BCUT2D eigenvalue weighted by molar-refractivity contribution is -0.114. The number of rotatable bonds is 4. The predicted octanol–water partition coefficient (Wildman–Crippen LogP) is 1.31. The molecule has 110 valence electrons. The highest BCUT2D eigenvalue weighted by molar-refractivity contribution is 6.01. The van der Waals surface area contributed by atoms with E-state index >= 15 is 0 Å². The van der Waals surface area contributed by atoms with Gasteiger partial charge in [0.15, 0.2) is 0 Å². The Morgan fingerprint density at radius 2 is 1.76 bits per heavy atom. The number of carbonyl (C=O) groups is 2. The molecule has 3 N–H and O–H groups in total. The average Bonchev–Trinajstić information content (AvgIpc) is 2.44. The first-order chi connectivity index (χ1) is 9.96. The third-order valence-corrected chi connectivity index (χ3v) is 2.85. The summed E-state index contributed by atoms with van der Waals surface area (Å²) in [5, 5.41) is 3.24. The number of nitrogens with one attached hydrogen (secondary N) is 1. The van der Waals surface area contributed by atoms with Gasteiger partial charge in [0, 0.05) is 24.7 Å². The normalized spacial score (nSPS) is 10.2. The Bertz CT molecular complexity index is 728. The van der Waals surface area contributed by atoms with Crippen molar-refractivity contribution in [2.75, 3.05) is 19.5 Å². The molecule has 0 radical (unpaired) electrons. The lowest BCUT2D eigenvalue weighted by Gasteiger charge is -2.13. The van der Waals surface area contributed by atoms with Crippen LogP contribution in [0.2, 0.25) is 0 Å². The number of carbonyl (C=O) groups excluding carboxylic acids is 2. The Kier molecular flexibility index (Phi) is 3.93. The van der Waals surface area contributed by atoms with Gasteiger partial charge in [-0.25, -0.2) is 4.98 Å². The second kappa shape index (κ2) is 5.66. The first-order valence-electron chi connectivity index (χ1n) is 6.10. The van der Waals surface area contributed by atoms with E-state index in [1.165, 1.54) is 27.2 Å². The molecule has 0 unspecified atom stereocenters. The summed E-state index contributed by atoms with van der Waals surface area (Å²) in [6.45, 7) is 1.39. The molecule has 0 saturated heterocycles. The Hall–Kier alpha value is -2.83. The van der Waals surface area contributed by atoms with Crippen molar-refractivity contribution >= 4 is 28.4 Å². The third kappa shape index (κ3) is 2.86. The van der Waals surface area contributed by atoms with E-state index < -0.39 is 5.91 Å². The molecule has 1 heterocycles. The van der Waals surface area contributed by atoms with E-state index in [-0.39, 0.29) is 11.6 Å². The smallest absolute Gasteiger partial charge is 0.267 e. The number of primary amides is 1. The van der Waals surface area contributed by atoms with Crippen LogP contribution in [0.3, 0.4) is 0 Å². The van der Waals surface area contributed by atoms with Crippen LogP contribution >= 0.6 is 0 Å². The van der Waals surface area contributed by atoms with Gasteiger partial charge in [-0.2, -0.15) is 0 Å². The number of pyridine rings is 1. The van der Waals surface area contributed by atoms with Gasteiger partial charge in [0.05, 0.1) is 25.1 Å². The molecule has 2 rings (SSSR count). The van der Waals surface area contributed by atoms with Crippen molar-refractivity contribution in [3.05, 3.63) is 23.9 Å². The van der Waals surface area contributed by atoms with E-state index in [1.54, 1.807) is 12.1 Å². The summed E-state index contributed by atoms with van der Waals surface area (Å²) in [5.41, 5.74) is 6.27. The van der Waals surface area contributed by atoms with Crippen molar-refractivity contribution in [2.24, 2.45) is 5.73 Å². The zero-order chi connectivity index (χ0) is 15.6. The van der Waals surface area contributed by atoms with Crippen molar-refractivity contribution < 1.29 is 19.1 Å². The second-order valence-corrected chi connectivity index (χ2v) is 4.33. The van der Waals surface area contributed by atoms with Crippen LogP contribution in [0.1, 0.15) is 17.4 Å². The van der Waals surface area contributed by atoms with Gasteiger partial charge in [0.1, 0.15) is 17.2 Å². The van der Waals surface area contributed by atoms with E-state index in [1.807, 2.05) is 0 Å². The Labute approximate surface area is 121 Å². The Morgan fingerprint density at radius 1 is 1.14 bits per heavy atom. The number of benzene rings is 1. The topological polar surface area (TPSA) is 104 Å². The van der Waals surface area contributed by atoms with Crippen molar-refractivity contribution in [1.29, 1.82) is 0 Å². The van der Waals surface area contributed by atoms with Gasteiger partial charge >= 0.3 is 0 Å². The number of hydrogen-bond acceptors (Lipinski definition) is 5. The molecule has 2 aromatic rings. The van der Waals surface area contributed by atoms with Crippen molar-refractivity contribution in [2.45, 2.75) is 6.92 Å². The van der Waals surface area contributed by atoms with Gasteiger partial charge in [-0.1, -0.05) is 0 Å². The zero-order valence-corrected chi connectivity index (χ0v) is 11.9. The number of nitrogens with zero attached hydrogens (tertiary/aromatic N) is 1. The number of aromatic nitrogens is 1. The van der Waals surface area contributed by atoms with Crippen LogP contribution in [0.15, 0.2) is 18.2 Å². The molecular formula is C14H15N3O4. The Morgan fingerprint density at radius 3 is 2.29 bits per heavy atom. The minimum Gasteiger partial charge on any atom is -0.496 e. The number of nitrogens with two attached hydrogens (primary N) is 1. The second-order valence-electron chi connectivity index (χ2n) is 4.33. The fourth-order valence-electron chi connectivity index (χ4n) is 2.02. The molecule has 1 aromatic heterocycles. The summed E-state index contributed by atoms with van der Waals surface area (Å²) >= 11 is 0. The highest BCUT2D eigenvalue weighted by atomic mass is 16.5. The molecule has 2 amide bonds. The molecule has 0 bridgehead atoms. The van der Waals surface area contributed by atoms with Crippen LogP contribution in [0.4, 0.5) is 5.69 Å². The van der Waals surface area contributed by atoms with E-state index in [4.69, 9.17) is 15.2 Å². The van der Waals surface area contributed by atoms with Gasteiger partial charge in [-0.05, 0) is 6.07 Å². The number of methoxy groups -OCH3 is 2. The summed E-state index contributed by atoms with van der Waals surface area (Å²) in [6, 6.07) is 4.72. The minimum atomic E-state index is -0.668. The average molecular weight is 289 g/mol. The van der Waals surface area contributed by atoms with Crippen LogP contribution in [-0.2, 0) is 4.79 Å². The van der Waals surface area contributed by atoms with Gasteiger partial charge in [-0.3, -0.25) is 9.59 Å². The summed E-state index contributed by atoms with van der Waals surface area (Å²) in [7, 11) is 2.97. The summed E-state index contributed by atoms with van der Waals surface area (Å²) in [4.78, 5) is 26.7. The van der Waals surface area contributed by atoms with Crippen LogP contribution in [0.5, 0.6) is 11.5 Å². The van der Waals surface area contributed by atoms with Crippen LogP contribution in [0, 0.1) is 0 Å². The van der Waals surface area contributed by atoms with Gasteiger partial charge in [0.2, 0.25) is 5.91 Å². The lowest BCUT2D eigenvalue weighted by Crippen LogP contribution is -2.13. The van der Waals surface area contributed by atoms with Crippen molar-refractivity contribution in [3.63, 3.8) is 0 Å². The number of fused-ring (bicyclic) bond motifs is 1. The maximum absolute atomic E-state index is 11.3. The summed E-state index contributed by atoms with van der Waals surface area (Å²) < 4.78 is 10.6. The third-order valence-electron chi connectivity index (χ3n) is 2.85. The quantitative estimate of drug-likeness (QED) is 0.883. The van der Waals surface area contributed by atoms with E-state index in [0.29, 0.717) is 28.1 Å². The first-order valence-corrected chi connectivity index (χ1v) is 6.10. The first kappa shape index (κ1) is 14.6. The molecule has 0 saturated carbocycles. The maximum atomic E-state index is 11.3. The van der Waals surface area contributed by atoms with Crippen LogP contribution in [0.25, 0.3) is 10.9 Å². The molecule has 0 aliphatic rings. The van der Waals surface area contributed by atoms with E-state index in [0.717, 1.165) is 0 Å². The summed E-state index contributed by atoms with van der Waals surface area (Å²) in [5.74, 6) is -0.00911. The minimum absolute atomic E-state index is 0.0707. The van der Waals surface area contributed by atoms with Gasteiger partial charge in [0.25, 0.3) is 5.91 Å². The van der Waals surface area contributed by atoms with Crippen molar-refractivity contribution in [1.82, 2.24) is 4.98 Å². The number of hydrogen-bond donors (Lipinski definition) is 2. The van der Waals surface area contributed by atoms with Crippen LogP contribution in [-0.4, -0.2) is 31.0 Å². The molecule has 0 spiro atoms. The molecule has 7 heteroatoms. The standard InChI is InChI=1S/C14H15N3O4/c1-7(18)16-8-4-9-13(11(5-8)20-2)12(21-3)6-10(17-9)14(15)19/h4-6H,1-3H3,(H2,15,19)(H,16,18). The van der Waals surface area contributed by atoms with Crippen LogP contribution < -0.4 is 20.5 Å². The molecule has 0 atom stereocenters. The lowest BCUT2D eigenvalue weighted by atomic mass is 10.1. The number of ether oxygens (including phenoxy) is 2. The van der Waals surface area contributed by atoms with Crippen molar-refractivity contribution in [3.8, 4) is 11.5 Å². The van der Waals surface area contributed by atoms with Gasteiger partial charge < -0.3 is 20.5 Å². The van der Waals surface area contributed by atoms with E-state index in [2.05, 4.69) is 10.3 Å². The molecule has 7 nitrogen and oxygen atoms in total. The summed E-state index contributed by atoms with van der Waals surface area (Å²) in [6.07, 6.45) is 0. The monoisotopic (exact) mass is 289 g/mol. The Balaban J connectivity index is 2.77. The molecule has 0 aliphatic carbocycles. The maximum Gasteiger partial charge on any atom is 0.267 e. The molecule has 1 aromatic carbocycles. The molecule has 0 aliphatic heterocycles. The zero-order valence-electron chi connectivity index (χ0n) is 11.9. The molecule has 0 fully saturated rings. The van der Waals surface area contributed by atoms with Gasteiger partial charge in [-0.15, -0.1) is 0 Å². The SMILES string of the molecule is COc1cc(NC(C)=O)cc2nc(C(N)=O)cc(OC)c12. The predicted molar refractivity (Wildman–Crippen MR) is 77.7 cm³/mol. The number of anilines is 1. The largest absolute Gasteiger partial charge is 0.496 e. The van der Waals surface area contributed by atoms with E-state index in [9.17, 15) is 9.59 Å². The highest BCUT2D eigenvalue weighted by Gasteiger charge is 2.15. The highest BCUT2D eigenvalue weighted by Crippen LogP contribution is 2.36. The number of amides is 2. The molecular weight excluding hydrogens is 274 g/mol.